The van der Waals surface area contributed by atoms with E-state index in [0.29, 0.717) is 19.0 Å². The largest absolute Gasteiger partial charge is 0.379 e. The lowest BCUT2D eigenvalue weighted by Gasteiger charge is -2.31. The standard InChI is InChI=1S/C15H21NO3S/c1-11-5-3-4-6-14(11)20-10-15(17)16-12-7-8-19-9-13(12)18-2/h3-6,12-13H,7-10H2,1-2H3,(H,16,17)/t12-,13-/m1/s1. The molecule has 0 aromatic heterocycles. The first-order valence-electron chi connectivity index (χ1n) is 6.79. The topological polar surface area (TPSA) is 47.6 Å². The van der Waals surface area contributed by atoms with Gasteiger partial charge in [-0.15, -0.1) is 11.8 Å². The molecule has 5 heteroatoms. The Bertz CT molecular complexity index is 452. The highest BCUT2D eigenvalue weighted by atomic mass is 32.2. The zero-order valence-electron chi connectivity index (χ0n) is 11.9. The number of aryl methyl sites for hydroxylation is 1. The summed E-state index contributed by atoms with van der Waals surface area (Å²) in [6, 6.07) is 8.15. The Morgan fingerprint density at radius 2 is 2.30 bits per heavy atom. The van der Waals surface area contributed by atoms with Gasteiger partial charge in [0, 0.05) is 18.6 Å². The number of thioether (sulfide) groups is 1. The molecule has 1 N–H and O–H groups in total. The van der Waals surface area contributed by atoms with Crippen LogP contribution in [0.5, 0.6) is 0 Å². The normalized spacial score (nSPS) is 22.5. The summed E-state index contributed by atoms with van der Waals surface area (Å²) in [5.41, 5.74) is 1.20. The molecule has 0 spiro atoms. The second-order valence-corrected chi connectivity index (χ2v) is 5.88. The number of hydrogen-bond acceptors (Lipinski definition) is 4. The van der Waals surface area contributed by atoms with E-state index in [1.54, 1.807) is 18.9 Å². The lowest BCUT2D eigenvalue weighted by molar-refractivity contribution is -0.122. The smallest absolute Gasteiger partial charge is 0.230 e. The van der Waals surface area contributed by atoms with Gasteiger partial charge in [0.15, 0.2) is 0 Å². The number of nitrogens with one attached hydrogen (secondary N) is 1. The molecule has 0 bridgehead atoms. The van der Waals surface area contributed by atoms with Gasteiger partial charge in [-0.05, 0) is 25.0 Å². The van der Waals surface area contributed by atoms with Crippen LogP contribution in [0.4, 0.5) is 0 Å². The van der Waals surface area contributed by atoms with Gasteiger partial charge in [-0.25, -0.2) is 0 Å². The molecule has 0 radical (unpaired) electrons. The molecule has 1 aliphatic rings. The third kappa shape index (κ3) is 4.23. The summed E-state index contributed by atoms with van der Waals surface area (Å²) in [6.45, 7) is 3.28. The minimum atomic E-state index is -0.0452. The Morgan fingerprint density at radius 1 is 1.50 bits per heavy atom. The summed E-state index contributed by atoms with van der Waals surface area (Å²) in [6.07, 6.45) is 0.760. The maximum Gasteiger partial charge on any atom is 0.230 e. The molecule has 1 saturated heterocycles. The average Bonchev–Trinajstić information content (AvgIpc) is 2.47. The molecule has 1 aromatic rings. The zero-order chi connectivity index (χ0) is 14.4. The number of carbonyl (C=O) groups is 1. The van der Waals surface area contributed by atoms with Crippen molar-refractivity contribution < 1.29 is 14.3 Å². The van der Waals surface area contributed by atoms with Crippen molar-refractivity contribution in [1.82, 2.24) is 5.32 Å². The van der Waals surface area contributed by atoms with Gasteiger partial charge in [-0.1, -0.05) is 18.2 Å². The van der Waals surface area contributed by atoms with Gasteiger partial charge in [0.25, 0.3) is 0 Å². The van der Waals surface area contributed by atoms with Gasteiger partial charge >= 0.3 is 0 Å². The molecule has 0 unspecified atom stereocenters. The number of rotatable bonds is 5. The summed E-state index contributed by atoms with van der Waals surface area (Å²) < 4.78 is 10.7. The maximum atomic E-state index is 12.0. The van der Waals surface area contributed by atoms with Crippen molar-refractivity contribution in [2.45, 2.75) is 30.4 Å². The lowest BCUT2D eigenvalue weighted by atomic mass is 10.1. The third-order valence-electron chi connectivity index (χ3n) is 3.41. The van der Waals surface area contributed by atoms with Crippen LogP contribution in [0.15, 0.2) is 29.2 Å². The predicted molar refractivity (Wildman–Crippen MR) is 80.1 cm³/mol. The van der Waals surface area contributed by atoms with Gasteiger partial charge in [0.05, 0.1) is 18.4 Å². The molecule has 20 heavy (non-hydrogen) atoms. The molecular formula is C15H21NO3S. The van der Waals surface area contributed by atoms with Crippen LogP contribution in [0.3, 0.4) is 0 Å². The van der Waals surface area contributed by atoms with E-state index < -0.39 is 0 Å². The Kier molecular flexibility index (Phi) is 5.88. The van der Waals surface area contributed by atoms with E-state index in [9.17, 15) is 4.79 Å². The number of carbonyl (C=O) groups excluding carboxylic acids is 1. The van der Waals surface area contributed by atoms with E-state index in [-0.39, 0.29) is 18.1 Å². The van der Waals surface area contributed by atoms with Crippen LogP contribution in [-0.4, -0.2) is 44.1 Å². The maximum absolute atomic E-state index is 12.0. The van der Waals surface area contributed by atoms with Crippen molar-refractivity contribution in [2.75, 3.05) is 26.1 Å². The summed E-state index contributed by atoms with van der Waals surface area (Å²) in [5.74, 6) is 0.478. The van der Waals surface area contributed by atoms with Crippen molar-refractivity contribution in [1.29, 1.82) is 0 Å². The van der Waals surface area contributed by atoms with Crippen LogP contribution in [-0.2, 0) is 14.3 Å². The fourth-order valence-electron chi connectivity index (χ4n) is 2.22. The SMILES string of the molecule is CO[C@@H]1COCC[C@H]1NC(=O)CSc1ccccc1C. The molecule has 1 fully saturated rings. The van der Waals surface area contributed by atoms with E-state index in [0.717, 1.165) is 11.3 Å². The molecule has 1 heterocycles. The minimum Gasteiger partial charge on any atom is -0.379 e. The number of hydrogen-bond donors (Lipinski definition) is 1. The molecule has 4 nitrogen and oxygen atoms in total. The highest BCUT2D eigenvalue weighted by Crippen LogP contribution is 2.21. The summed E-state index contributed by atoms with van der Waals surface area (Å²) >= 11 is 1.57. The molecule has 110 valence electrons. The summed E-state index contributed by atoms with van der Waals surface area (Å²) in [4.78, 5) is 13.2. The zero-order valence-corrected chi connectivity index (χ0v) is 12.7. The Labute approximate surface area is 124 Å². The van der Waals surface area contributed by atoms with Crippen LogP contribution in [0.25, 0.3) is 0 Å². The lowest BCUT2D eigenvalue weighted by Crippen LogP contribution is -2.50. The summed E-state index contributed by atoms with van der Waals surface area (Å²) in [5, 5.41) is 3.04. The van der Waals surface area contributed by atoms with Gasteiger partial charge < -0.3 is 14.8 Å². The predicted octanol–water partition coefficient (Wildman–Crippen LogP) is 2.01. The van der Waals surface area contributed by atoms with Crippen LogP contribution < -0.4 is 5.32 Å². The van der Waals surface area contributed by atoms with Crippen LogP contribution in [0.2, 0.25) is 0 Å². The number of methoxy groups -OCH3 is 1. The van der Waals surface area contributed by atoms with Gasteiger partial charge in [-0.3, -0.25) is 4.79 Å². The minimum absolute atomic E-state index is 0.0452. The Balaban J connectivity index is 1.82. The molecule has 2 rings (SSSR count). The first-order chi connectivity index (χ1) is 9.70. The first-order valence-corrected chi connectivity index (χ1v) is 7.77. The van der Waals surface area contributed by atoms with Crippen LogP contribution >= 0.6 is 11.8 Å². The number of ether oxygens (including phenoxy) is 2. The van der Waals surface area contributed by atoms with Crippen molar-refractivity contribution >= 4 is 17.7 Å². The fraction of sp³-hybridized carbons (Fsp3) is 0.533. The highest BCUT2D eigenvalue weighted by Gasteiger charge is 2.26. The van der Waals surface area contributed by atoms with E-state index in [4.69, 9.17) is 9.47 Å². The van der Waals surface area contributed by atoms with Crippen molar-refractivity contribution in [3.8, 4) is 0 Å². The molecule has 0 saturated carbocycles. The molecule has 2 atom stereocenters. The summed E-state index contributed by atoms with van der Waals surface area (Å²) in [7, 11) is 1.65. The van der Waals surface area contributed by atoms with Crippen molar-refractivity contribution in [3.63, 3.8) is 0 Å². The molecule has 1 aliphatic heterocycles. The van der Waals surface area contributed by atoms with E-state index in [1.165, 1.54) is 5.56 Å². The van der Waals surface area contributed by atoms with E-state index >= 15 is 0 Å². The monoisotopic (exact) mass is 295 g/mol. The van der Waals surface area contributed by atoms with Crippen molar-refractivity contribution in [3.05, 3.63) is 29.8 Å². The van der Waals surface area contributed by atoms with Crippen molar-refractivity contribution in [2.24, 2.45) is 0 Å². The average molecular weight is 295 g/mol. The molecule has 0 aliphatic carbocycles. The first kappa shape index (κ1) is 15.4. The van der Waals surface area contributed by atoms with Crippen LogP contribution in [0.1, 0.15) is 12.0 Å². The second kappa shape index (κ2) is 7.67. The quantitative estimate of drug-likeness (QED) is 0.844. The molecular weight excluding hydrogens is 274 g/mol. The third-order valence-corrected chi connectivity index (χ3v) is 4.58. The van der Waals surface area contributed by atoms with Gasteiger partial charge in [0.1, 0.15) is 6.10 Å². The molecule has 1 aromatic carbocycles. The van der Waals surface area contributed by atoms with E-state index in [2.05, 4.69) is 18.3 Å². The van der Waals surface area contributed by atoms with Gasteiger partial charge in [0.2, 0.25) is 5.91 Å². The molecule has 1 amide bonds. The van der Waals surface area contributed by atoms with Gasteiger partial charge in [-0.2, -0.15) is 0 Å². The fourth-order valence-corrected chi connectivity index (χ4v) is 3.06. The number of amides is 1. The highest BCUT2D eigenvalue weighted by molar-refractivity contribution is 8.00. The second-order valence-electron chi connectivity index (χ2n) is 4.87. The van der Waals surface area contributed by atoms with Crippen LogP contribution in [0, 0.1) is 6.92 Å². The van der Waals surface area contributed by atoms with E-state index in [1.807, 2.05) is 18.2 Å². The Hall–Kier alpha value is -1.04. The number of benzene rings is 1. The Morgan fingerprint density at radius 3 is 3.05 bits per heavy atom.